The Balaban J connectivity index is 2.65. The summed E-state index contributed by atoms with van der Waals surface area (Å²) in [6.07, 6.45) is 6.13. The second-order valence-corrected chi connectivity index (χ2v) is 5.37. The summed E-state index contributed by atoms with van der Waals surface area (Å²) in [7, 11) is 0. The Hall–Kier alpha value is -0.530. The van der Waals surface area contributed by atoms with E-state index in [1.165, 1.54) is 31.2 Å². The molecule has 0 heterocycles. The van der Waals surface area contributed by atoms with E-state index in [1.807, 2.05) is 12.1 Å². The maximum absolute atomic E-state index is 6.07. The third-order valence-electron chi connectivity index (χ3n) is 3.50. The largest absolute Gasteiger partial charge is 0.307 e. The van der Waals surface area contributed by atoms with Crippen molar-refractivity contribution in [2.45, 2.75) is 65.0 Å². The van der Waals surface area contributed by atoms with Crippen LogP contribution in [0.5, 0.6) is 0 Å². The first-order valence-corrected chi connectivity index (χ1v) is 7.60. The van der Waals surface area contributed by atoms with Crippen LogP contribution in [0.25, 0.3) is 0 Å². The van der Waals surface area contributed by atoms with Gasteiger partial charge in [0, 0.05) is 17.1 Å². The van der Waals surface area contributed by atoms with E-state index in [2.05, 4.69) is 38.2 Å². The zero-order valence-corrected chi connectivity index (χ0v) is 12.6. The van der Waals surface area contributed by atoms with Crippen molar-refractivity contribution in [2.24, 2.45) is 0 Å². The zero-order valence-electron chi connectivity index (χ0n) is 11.9. The standard InChI is InChI=1S/C16H26ClN/c1-4-7-11-15(5-2)18-16(6-3)13-9-8-10-14(17)12-13/h8-10,12,15-16,18H,4-7,11H2,1-3H3. The summed E-state index contributed by atoms with van der Waals surface area (Å²) in [6, 6.07) is 9.26. The number of halogens is 1. The SMILES string of the molecule is CCCCC(CC)NC(CC)c1cccc(Cl)c1. The fourth-order valence-corrected chi connectivity index (χ4v) is 2.51. The topological polar surface area (TPSA) is 12.0 Å². The third kappa shape index (κ3) is 4.99. The number of hydrogen-bond donors (Lipinski definition) is 1. The van der Waals surface area contributed by atoms with Crippen LogP contribution in [0.3, 0.4) is 0 Å². The highest BCUT2D eigenvalue weighted by atomic mass is 35.5. The van der Waals surface area contributed by atoms with E-state index in [4.69, 9.17) is 11.6 Å². The van der Waals surface area contributed by atoms with E-state index in [9.17, 15) is 0 Å². The first kappa shape index (κ1) is 15.5. The molecule has 1 aromatic carbocycles. The van der Waals surface area contributed by atoms with Crippen molar-refractivity contribution in [3.63, 3.8) is 0 Å². The molecular weight excluding hydrogens is 242 g/mol. The highest BCUT2D eigenvalue weighted by molar-refractivity contribution is 6.30. The first-order chi connectivity index (χ1) is 8.71. The molecule has 0 spiro atoms. The smallest absolute Gasteiger partial charge is 0.0409 e. The third-order valence-corrected chi connectivity index (χ3v) is 3.73. The van der Waals surface area contributed by atoms with Gasteiger partial charge in [0.1, 0.15) is 0 Å². The molecule has 18 heavy (non-hydrogen) atoms. The normalized spacial score (nSPS) is 14.4. The molecule has 0 bridgehead atoms. The Labute approximate surface area is 117 Å². The molecule has 0 amide bonds. The minimum Gasteiger partial charge on any atom is -0.307 e. The van der Waals surface area contributed by atoms with Crippen molar-refractivity contribution in [1.29, 1.82) is 0 Å². The second-order valence-electron chi connectivity index (χ2n) is 4.93. The van der Waals surface area contributed by atoms with Crippen LogP contribution in [-0.2, 0) is 0 Å². The van der Waals surface area contributed by atoms with Gasteiger partial charge in [-0.2, -0.15) is 0 Å². The van der Waals surface area contributed by atoms with Crippen molar-refractivity contribution in [3.8, 4) is 0 Å². The van der Waals surface area contributed by atoms with Crippen LogP contribution in [0.2, 0.25) is 5.02 Å². The second kappa shape index (κ2) is 8.55. The predicted molar refractivity (Wildman–Crippen MR) is 81.2 cm³/mol. The van der Waals surface area contributed by atoms with Crippen molar-refractivity contribution in [2.75, 3.05) is 0 Å². The number of benzene rings is 1. The molecule has 1 N–H and O–H groups in total. The van der Waals surface area contributed by atoms with Gasteiger partial charge in [0.2, 0.25) is 0 Å². The molecular formula is C16H26ClN. The Morgan fingerprint density at radius 2 is 1.94 bits per heavy atom. The van der Waals surface area contributed by atoms with Crippen LogP contribution in [0.4, 0.5) is 0 Å². The summed E-state index contributed by atoms with van der Waals surface area (Å²) in [5, 5.41) is 4.60. The maximum atomic E-state index is 6.07. The summed E-state index contributed by atoms with van der Waals surface area (Å²) >= 11 is 6.07. The Bertz CT molecular complexity index is 338. The molecule has 2 unspecified atom stereocenters. The molecule has 0 saturated carbocycles. The van der Waals surface area contributed by atoms with Crippen LogP contribution in [0, 0.1) is 0 Å². The van der Waals surface area contributed by atoms with Gasteiger partial charge in [-0.15, -0.1) is 0 Å². The fraction of sp³-hybridized carbons (Fsp3) is 0.625. The first-order valence-electron chi connectivity index (χ1n) is 7.22. The van der Waals surface area contributed by atoms with Gasteiger partial charge in [0.25, 0.3) is 0 Å². The van der Waals surface area contributed by atoms with Gasteiger partial charge in [-0.3, -0.25) is 0 Å². The van der Waals surface area contributed by atoms with E-state index < -0.39 is 0 Å². The van der Waals surface area contributed by atoms with Crippen molar-refractivity contribution < 1.29 is 0 Å². The molecule has 0 aliphatic heterocycles. The number of nitrogens with one attached hydrogen (secondary N) is 1. The molecule has 2 heteroatoms. The molecule has 1 aromatic rings. The lowest BCUT2D eigenvalue weighted by atomic mass is 10.0. The van der Waals surface area contributed by atoms with E-state index in [1.54, 1.807) is 0 Å². The molecule has 0 radical (unpaired) electrons. The van der Waals surface area contributed by atoms with Gasteiger partial charge < -0.3 is 5.32 Å². The molecule has 0 aliphatic carbocycles. The molecule has 0 aromatic heterocycles. The van der Waals surface area contributed by atoms with Crippen LogP contribution >= 0.6 is 11.6 Å². The quantitative estimate of drug-likeness (QED) is 0.669. The van der Waals surface area contributed by atoms with Gasteiger partial charge in [0.15, 0.2) is 0 Å². The van der Waals surface area contributed by atoms with Gasteiger partial charge in [0.05, 0.1) is 0 Å². The average molecular weight is 268 g/mol. The summed E-state index contributed by atoms with van der Waals surface area (Å²) in [5.74, 6) is 0. The van der Waals surface area contributed by atoms with E-state index in [0.717, 1.165) is 11.4 Å². The van der Waals surface area contributed by atoms with E-state index >= 15 is 0 Å². The fourth-order valence-electron chi connectivity index (χ4n) is 2.31. The lowest BCUT2D eigenvalue weighted by Gasteiger charge is -2.24. The summed E-state index contributed by atoms with van der Waals surface area (Å²) in [5.41, 5.74) is 1.31. The van der Waals surface area contributed by atoms with Gasteiger partial charge in [-0.1, -0.05) is 57.3 Å². The monoisotopic (exact) mass is 267 g/mol. The molecule has 102 valence electrons. The van der Waals surface area contributed by atoms with Crippen molar-refractivity contribution >= 4 is 11.6 Å². The van der Waals surface area contributed by atoms with Gasteiger partial charge in [-0.05, 0) is 37.0 Å². The minimum absolute atomic E-state index is 0.422. The summed E-state index contributed by atoms with van der Waals surface area (Å²) in [6.45, 7) is 6.74. The molecule has 0 aliphatic rings. The summed E-state index contributed by atoms with van der Waals surface area (Å²) in [4.78, 5) is 0. The number of unbranched alkanes of at least 4 members (excludes halogenated alkanes) is 1. The number of rotatable bonds is 8. The lowest BCUT2D eigenvalue weighted by molar-refractivity contribution is 0.389. The Morgan fingerprint density at radius 1 is 1.17 bits per heavy atom. The van der Waals surface area contributed by atoms with Gasteiger partial charge >= 0.3 is 0 Å². The molecule has 2 atom stereocenters. The van der Waals surface area contributed by atoms with Crippen LogP contribution in [0.15, 0.2) is 24.3 Å². The average Bonchev–Trinajstić information content (AvgIpc) is 2.39. The molecule has 0 fully saturated rings. The lowest BCUT2D eigenvalue weighted by Crippen LogP contribution is -2.32. The highest BCUT2D eigenvalue weighted by Crippen LogP contribution is 2.22. The van der Waals surface area contributed by atoms with Crippen LogP contribution < -0.4 is 5.32 Å². The van der Waals surface area contributed by atoms with E-state index in [0.29, 0.717) is 12.1 Å². The van der Waals surface area contributed by atoms with Gasteiger partial charge in [-0.25, -0.2) is 0 Å². The van der Waals surface area contributed by atoms with E-state index in [-0.39, 0.29) is 0 Å². The highest BCUT2D eigenvalue weighted by Gasteiger charge is 2.14. The maximum Gasteiger partial charge on any atom is 0.0409 e. The Kier molecular flexibility index (Phi) is 7.38. The molecule has 1 nitrogen and oxygen atoms in total. The summed E-state index contributed by atoms with van der Waals surface area (Å²) < 4.78 is 0. The molecule has 1 rings (SSSR count). The molecule has 0 saturated heterocycles. The number of hydrogen-bond acceptors (Lipinski definition) is 1. The minimum atomic E-state index is 0.422. The predicted octanol–water partition coefficient (Wildman–Crippen LogP) is 5.35. The van der Waals surface area contributed by atoms with Crippen LogP contribution in [-0.4, -0.2) is 6.04 Å². The zero-order chi connectivity index (χ0) is 13.4. The van der Waals surface area contributed by atoms with Crippen LogP contribution in [0.1, 0.15) is 64.5 Å². The van der Waals surface area contributed by atoms with Crippen molar-refractivity contribution in [1.82, 2.24) is 5.32 Å². The Morgan fingerprint density at radius 3 is 2.50 bits per heavy atom. The van der Waals surface area contributed by atoms with Crippen molar-refractivity contribution in [3.05, 3.63) is 34.9 Å².